The predicted octanol–water partition coefficient (Wildman–Crippen LogP) is 5.52. The lowest BCUT2D eigenvalue weighted by Crippen LogP contribution is -2.46. The van der Waals surface area contributed by atoms with Crippen molar-refractivity contribution in [1.29, 1.82) is 0 Å². The van der Waals surface area contributed by atoms with Crippen LogP contribution in [0.4, 0.5) is 8.78 Å². The number of aliphatic hydroxyl groups excluding tert-OH is 1. The Hall–Kier alpha value is -4.04. The molecule has 0 atom stereocenters. The van der Waals surface area contributed by atoms with Crippen LogP contribution in [0.15, 0.2) is 66.7 Å². The van der Waals surface area contributed by atoms with E-state index in [-0.39, 0.29) is 30.9 Å². The Labute approximate surface area is 226 Å². The molecule has 8 heteroatoms. The number of carbonyl (C=O) groups is 2. The molecular weight excluding hydrogens is 500 g/mol. The zero-order chi connectivity index (χ0) is 28.3. The fourth-order valence-electron chi connectivity index (χ4n) is 4.62. The van der Waals surface area contributed by atoms with Crippen molar-refractivity contribution in [3.63, 3.8) is 0 Å². The summed E-state index contributed by atoms with van der Waals surface area (Å²) in [6, 6.07) is 18.5. The molecule has 3 aromatic carbocycles. The third-order valence-corrected chi connectivity index (χ3v) is 6.61. The van der Waals surface area contributed by atoms with Crippen LogP contribution in [-0.2, 0) is 13.1 Å². The number of benzene rings is 3. The number of fused-ring (bicyclic) bond motifs is 1. The van der Waals surface area contributed by atoms with E-state index < -0.39 is 17.2 Å². The maximum absolute atomic E-state index is 13.7. The van der Waals surface area contributed by atoms with Gasteiger partial charge in [0.25, 0.3) is 11.8 Å². The Morgan fingerprint density at radius 1 is 0.923 bits per heavy atom. The summed E-state index contributed by atoms with van der Waals surface area (Å²) in [6.45, 7) is 7.75. The van der Waals surface area contributed by atoms with E-state index >= 15 is 0 Å². The summed E-state index contributed by atoms with van der Waals surface area (Å²) in [5.74, 6) is -2.65. The van der Waals surface area contributed by atoms with Crippen molar-refractivity contribution in [2.24, 2.45) is 0 Å². The van der Waals surface area contributed by atoms with Crippen molar-refractivity contribution in [2.45, 2.75) is 52.2 Å². The van der Waals surface area contributed by atoms with Crippen LogP contribution in [0.1, 0.15) is 71.1 Å². The summed E-state index contributed by atoms with van der Waals surface area (Å²) >= 11 is 0. The van der Waals surface area contributed by atoms with Gasteiger partial charge in [0.2, 0.25) is 0 Å². The molecule has 0 spiro atoms. The quantitative estimate of drug-likeness (QED) is 0.265. The number of aromatic nitrogens is 1. The Kier molecular flexibility index (Phi) is 8.16. The molecule has 0 radical (unpaired) electrons. The molecule has 0 aliphatic rings. The van der Waals surface area contributed by atoms with Gasteiger partial charge in [0, 0.05) is 29.7 Å². The van der Waals surface area contributed by atoms with Gasteiger partial charge >= 0.3 is 0 Å². The van der Waals surface area contributed by atoms with Crippen molar-refractivity contribution in [2.75, 3.05) is 6.61 Å². The molecule has 6 nitrogen and oxygen atoms in total. The molecule has 204 valence electrons. The first kappa shape index (κ1) is 28.0. The summed E-state index contributed by atoms with van der Waals surface area (Å²) in [6.07, 6.45) is 0. The molecule has 0 aliphatic heterocycles. The maximum Gasteiger partial charge on any atom is 0.254 e. The van der Waals surface area contributed by atoms with E-state index in [0.717, 1.165) is 28.9 Å². The standard InChI is InChI=1S/C31H33F2N3O3/c1-19(2)28-27(30(39)34-16-21-10-13-24(32)25(33)14-21)23-12-11-22(29(38)35-31(3,4)18-37)15-26(23)36(28)17-20-8-6-5-7-9-20/h5-15,19,37H,16-18H2,1-4H3,(H,34,39)(H,35,38). The van der Waals surface area contributed by atoms with E-state index in [1.165, 1.54) is 6.07 Å². The number of carbonyl (C=O) groups excluding carboxylic acids is 2. The molecule has 4 rings (SSSR count). The lowest BCUT2D eigenvalue weighted by Gasteiger charge is -2.23. The molecule has 0 unspecified atom stereocenters. The summed E-state index contributed by atoms with van der Waals surface area (Å²) in [7, 11) is 0. The van der Waals surface area contributed by atoms with E-state index in [4.69, 9.17) is 0 Å². The molecule has 39 heavy (non-hydrogen) atoms. The second kappa shape index (κ2) is 11.4. The van der Waals surface area contributed by atoms with Crippen LogP contribution >= 0.6 is 0 Å². The minimum absolute atomic E-state index is 0.0235. The van der Waals surface area contributed by atoms with Crippen molar-refractivity contribution >= 4 is 22.7 Å². The van der Waals surface area contributed by atoms with E-state index in [1.807, 2.05) is 44.2 Å². The SMILES string of the molecule is CC(C)c1c(C(=O)NCc2ccc(F)c(F)c2)c2ccc(C(=O)NC(C)(C)CO)cc2n1Cc1ccccc1. The van der Waals surface area contributed by atoms with Crippen molar-refractivity contribution in [3.05, 3.63) is 106 Å². The normalized spacial score (nSPS) is 11.7. The lowest BCUT2D eigenvalue weighted by molar-refractivity contribution is 0.0869. The summed E-state index contributed by atoms with van der Waals surface area (Å²) < 4.78 is 29.1. The summed E-state index contributed by atoms with van der Waals surface area (Å²) in [4.78, 5) is 26.7. The van der Waals surface area contributed by atoms with Crippen LogP contribution in [0.2, 0.25) is 0 Å². The minimum Gasteiger partial charge on any atom is -0.394 e. The number of aliphatic hydroxyl groups is 1. The summed E-state index contributed by atoms with van der Waals surface area (Å²) in [5, 5.41) is 16.0. The molecule has 0 aliphatic carbocycles. The molecule has 2 amide bonds. The molecular formula is C31H33F2N3O3. The average molecular weight is 534 g/mol. The van der Waals surface area contributed by atoms with Gasteiger partial charge in [0.1, 0.15) is 0 Å². The number of nitrogens with one attached hydrogen (secondary N) is 2. The number of hydrogen-bond donors (Lipinski definition) is 3. The minimum atomic E-state index is -0.973. The number of halogens is 2. The number of amides is 2. The van der Waals surface area contributed by atoms with Gasteiger partial charge in [0.05, 0.1) is 23.2 Å². The molecule has 0 saturated carbocycles. The van der Waals surface area contributed by atoms with Crippen LogP contribution in [0.25, 0.3) is 10.9 Å². The van der Waals surface area contributed by atoms with E-state index in [2.05, 4.69) is 15.2 Å². The third kappa shape index (κ3) is 6.17. The van der Waals surface area contributed by atoms with Gasteiger partial charge in [-0.1, -0.05) is 56.3 Å². The van der Waals surface area contributed by atoms with Crippen LogP contribution in [0.5, 0.6) is 0 Å². The monoisotopic (exact) mass is 533 g/mol. The highest BCUT2D eigenvalue weighted by Gasteiger charge is 2.26. The van der Waals surface area contributed by atoms with Gasteiger partial charge in [-0.3, -0.25) is 9.59 Å². The number of nitrogens with zero attached hydrogens (tertiary/aromatic N) is 1. The second-order valence-electron chi connectivity index (χ2n) is 10.6. The Balaban J connectivity index is 1.80. The highest BCUT2D eigenvalue weighted by Crippen LogP contribution is 2.33. The molecule has 3 N–H and O–H groups in total. The van der Waals surface area contributed by atoms with Crippen LogP contribution < -0.4 is 10.6 Å². The fourth-order valence-corrected chi connectivity index (χ4v) is 4.62. The fraction of sp³-hybridized carbons (Fsp3) is 0.290. The second-order valence-corrected chi connectivity index (χ2v) is 10.6. The van der Waals surface area contributed by atoms with Crippen LogP contribution in [0.3, 0.4) is 0 Å². The molecule has 1 heterocycles. The average Bonchev–Trinajstić information content (AvgIpc) is 3.23. The largest absolute Gasteiger partial charge is 0.394 e. The van der Waals surface area contributed by atoms with Crippen molar-refractivity contribution < 1.29 is 23.5 Å². The smallest absolute Gasteiger partial charge is 0.254 e. The molecule has 0 saturated heterocycles. The van der Waals surface area contributed by atoms with E-state index in [0.29, 0.717) is 28.6 Å². The highest BCUT2D eigenvalue weighted by atomic mass is 19.2. The van der Waals surface area contributed by atoms with Gasteiger partial charge in [-0.2, -0.15) is 0 Å². The number of hydrogen-bond acceptors (Lipinski definition) is 3. The topological polar surface area (TPSA) is 83.4 Å². The first-order chi connectivity index (χ1) is 18.5. The van der Waals surface area contributed by atoms with Crippen molar-refractivity contribution in [3.8, 4) is 0 Å². The molecule has 0 fully saturated rings. The Morgan fingerprint density at radius 2 is 1.64 bits per heavy atom. The highest BCUT2D eigenvalue weighted by molar-refractivity contribution is 6.10. The first-order valence-electron chi connectivity index (χ1n) is 12.9. The first-order valence-corrected chi connectivity index (χ1v) is 12.9. The molecule has 1 aromatic heterocycles. The zero-order valence-electron chi connectivity index (χ0n) is 22.5. The predicted molar refractivity (Wildman–Crippen MR) is 148 cm³/mol. The Morgan fingerprint density at radius 3 is 2.28 bits per heavy atom. The van der Waals surface area contributed by atoms with Gasteiger partial charge in [0.15, 0.2) is 11.6 Å². The number of rotatable bonds is 9. The van der Waals surface area contributed by atoms with E-state index in [9.17, 15) is 23.5 Å². The van der Waals surface area contributed by atoms with Crippen LogP contribution in [-0.4, -0.2) is 33.6 Å². The van der Waals surface area contributed by atoms with Gasteiger partial charge < -0.3 is 20.3 Å². The third-order valence-electron chi connectivity index (χ3n) is 6.61. The zero-order valence-corrected chi connectivity index (χ0v) is 22.5. The van der Waals surface area contributed by atoms with Gasteiger partial charge in [-0.25, -0.2) is 8.78 Å². The summed E-state index contributed by atoms with van der Waals surface area (Å²) in [5.41, 5.74) is 3.06. The van der Waals surface area contributed by atoms with Crippen molar-refractivity contribution in [1.82, 2.24) is 15.2 Å². The van der Waals surface area contributed by atoms with Gasteiger partial charge in [-0.15, -0.1) is 0 Å². The van der Waals surface area contributed by atoms with Crippen LogP contribution in [0, 0.1) is 11.6 Å². The molecule has 0 bridgehead atoms. The molecule has 4 aromatic rings. The maximum atomic E-state index is 13.7. The Bertz CT molecular complexity index is 1510. The van der Waals surface area contributed by atoms with E-state index in [1.54, 1.807) is 32.0 Å². The van der Waals surface area contributed by atoms with Gasteiger partial charge in [-0.05, 0) is 55.2 Å². The lowest BCUT2D eigenvalue weighted by atomic mass is 10.0.